The third-order valence-corrected chi connectivity index (χ3v) is 3.59. The second kappa shape index (κ2) is 7.01. The van der Waals surface area contributed by atoms with Crippen LogP contribution in [-0.2, 0) is 4.74 Å². The average molecular weight is 265 g/mol. The molecule has 1 aromatic rings. The molecule has 0 amide bonds. The van der Waals surface area contributed by atoms with Crippen molar-refractivity contribution in [3.8, 4) is 0 Å². The van der Waals surface area contributed by atoms with Crippen LogP contribution in [0.3, 0.4) is 0 Å². The maximum atomic E-state index is 13.1. The molecule has 1 aliphatic carbocycles. The van der Waals surface area contributed by atoms with Crippen LogP contribution in [0.25, 0.3) is 0 Å². The fraction of sp³-hybridized carbons (Fsp3) is 0.625. The van der Waals surface area contributed by atoms with Gasteiger partial charge in [0.15, 0.2) is 0 Å². The topological polar surface area (TPSA) is 21.3 Å². The van der Waals surface area contributed by atoms with Gasteiger partial charge in [0.2, 0.25) is 0 Å². The smallest absolute Gasteiger partial charge is 0.123 e. The van der Waals surface area contributed by atoms with Crippen molar-refractivity contribution in [2.45, 2.75) is 38.6 Å². The molecule has 0 unspecified atom stereocenters. The zero-order valence-corrected chi connectivity index (χ0v) is 11.9. The monoisotopic (exact) mass is 265 g/mol. The molecule has 1 saturated carbocycles. The maximum absolute atomic E-state index is 13.1. The summed E-state index contributed by atoms with van der Waals surface area (Å²) in [6.07, 6.45) is 2.21. The second-order valence-electron chi connectivity index (χ2n) is 5.84. The third kappa shape index (κ3) is 4.59. The lowest BCUT2D eigenvalue weighted by Crippen LogP contribution is -2.41. The van der Waals surface area contributed by atoms with Crippen LogP contribution < -0.4 is 5.32 Å². The second-order valence-corrected chi connectivity index (χ2v) is 5.84. The van der Waals surface area contributed by atoms with Crippen LogP contribution in [0.1, 0.15) is 38.2 Å². The fourth-order valence-electron chi connectivity index (χ4n) is 2.47. The van der Waals surface area contributed by atoms with E-state index < -0.39 is 0 Å². The number of hydrogen-bond acceptors (Lipinski definition) is 2. The maximum Gasteiger partial charge on any atom is 0.123 e. The molecule has 0 bridgehead atoms. The summed E-state index contributed by atoms with van der Waals surface area (Å²) in [5.74, 6) is 0.988. The minimum absolute atomic E-state index is 0.129. The summed E-state index contributed by atoms with van der Waals surface area (Å²) < 4.78 is 18.6. The van der Waals surface area contributed by atoms with Gasteiger partial charge in [-0.05, 0) is 42.4 Å². The molecule has 0 radical (unpaired) electrons. The van der Waals surface area contributed by atoms with Crippen LogP contribution >= 0.6 is 0 Å². The van der Waals surface area contributed by atoms with E-state index in [2.05, 4.69) is 19.2 Å². The van der Waals surface area contributed by atoms with Crippen molar-refractivity contribution >= 4 is 0 Å². The average Bonchev–Trinajstić information content (AvgIpc) is 2.30. The van der Waals surface area contributed by atoms with Gasteiger partial charge in [0.1, 0.15) is 5.82 Å². The normalized spacial score (nSPS) is 22.5. The van der Waals surface area contributed by atoms with Crippen molar-refractivity contribution < 1.29 is 9.13 Å². The summed E-state index contributed by atoms with van der Waals surface area (Å²) in [6, 6.07) is 7.55. The molecular weight excluding hydrogens is 241 g/mol. The van der Waals surface area contributed by atoms with E-state index in [1.54, 1.807) is 12.1 Å². The van der Waals surface area contributed by atoms with Crippen LogP contribution in [0.2, 0.25) is 0 Å². The quantitative estimate of drug-likeness (QED) is 0.764. The third-order valence-electron chi connectivity index (χ3n) is 3.59. The highest BCUT2D eigenvalue weighted by molar-refractivity contribution is 5.23. The predicted molar refractivity (Wildman–Crippen MR) is 75.8 cm³/mol. The van der Waals surface area contributed by atoms with Gasteiger partial charge in [-0.3, -0.25) is 0 Å². The number of hydrogen-bond donors (Lipinski definition) is 1. The van der Waals surface area contributed by atoms with Crippen molar-refractivity contribution in [3.05, 3.63) is 35.6 Å². The molecule has 1 N–H and O–H groups in total. The van der Waals surface area contributed by atoms with E-state index in [1.807, 2.05) is 6.07 Å². The molecular formula is C16H24FNO. The summed E-state index contributed by atoms with van der Waals surface area (Å²) in [4.78, 5) is 0. The molecule has 0 aliphatic heterocycles. The molecule has 2 nitrogen and oxygen atoms in total. The van der Waals surface area contributed by atoms with E-state index in [1.165, 1.54) is 6.07 Å². The Labute approximate surface area is 115 Å². The van der Waals surface area contributed by atoms with Crippen molar-refractivity contribution in [3.63, 3.8) is 0 Å². The van der Waals surface area contributed by atoms with Crippen molar-refractivity contribution in [2.24, 2.45) is 5.92 Å². The Morgan fingerprint density at radius 3 is 2.84 bits per heavy atom. The van der Waals surface area contributed by atoms with Crippen LogP contribution in [-0.4, -0.2) is 25.8 Å². The Morgan fingerprint density at radius 1 is 1.37 bits per heavy atom. The zero-order chi connectivity index (χ0) is 13.7. The molecule has 0 atom stereocenters. The number of benzene rings is 1. The first-order valence-corrected chi connectivity index (χ1v) is 7.21. The predicted octanol–water partition coefficient (Wildman–Crippen LogP) is 3.33. The molecule has 1 fully saturated rings. The van der Waals surface area contributed by atoms with Gasteiger partial charge in [-0.1, -0.05) is 26.0 Å². The molecule has 0 spiro atoms. The lowest BCUT2D eigenvalue weighted by Gasteiger charge is -2.36. The molecule has 1 aliphatic rings. The van der Waals surface area contributed by atoms with E-state index in [0.29, 0.717) is 17.9 Å². The zero-order valence-electron chi connectivity index (χ0n) is 11.9. The minimum Gasteiger partial charge on any atom is -0.380 e. The highest BCUT2D eigenvalue weighted by Gasteiger charge is 2.29. The highest BCUT2D eigenvalue weighted by atomic mass is 19.1. The first-order chi connectivity index (χ1) is 9.15. The van der Waals surface area contributed by atoms with Crippen LogP contribution in [0, 0.1) is 11.7 Å². The molecule has 106 valence electrons. The Balaban J connectivity index is 1.59. The molecule has 2 rings (SSSR count). The van der Waals surface area contributed by atoms with Crippen LogP contribution in [0.15, 0.2) is 24.3 Å². The Bertz CT molecular complexity index is 388. The van der Waals surface area contributed by atoms with E-state index in [9.17, 15) is 4.39 Å². The number of nitrogens with one attached hydrogen (secondary N) is 1. The lowest BCUT2D eigenvalue weighted by atomic mass is 9.76. The minimum atomic E-state index is -0.129. The Kier molecular flexibility index (Phi) is 5.34. The first-order valence-electron chi connectivity index (χ1n) is 7.21. The van der Waals surface area contributed by atoms with Gasteiger partial charge in [0.05, 0.1) is 6.61 Å². The van der Waals surface area contributed by atoms with Gasteiger partial charge >= 0.3 is 0 Å². The van der Waals surface area contributed by atoms with E-state index in [0.717, 1.165) is 38.2 Å². The van der Waals surface area contributed by atoms with Gasteiger partial charge in [-0.15, -0.1) is 0 Å². The molecule has 3 heteroatoms. The molecule has 0 saturated heterocycles. The van der Waals surface area contributed by atoms with Crippen molar-refractivity contribution in [1.29, 1.82) is 0 Å². The summed E-state index contributed by atoms with van der Waals surface area (Å²) in [5, 5.41) is 3.49. The van der Waals surface area contributed by atoms with Crippen LogP contribution in [0.5, 0.6) is 0 Å². The Hall–Kier alpha value is -0.930. The van der Waals surface area contributed by atoms with Gasteiger partial charge < -0.3 is 10.1 Å². The summed E-state index contributed by atoms with van der Waals surface area (Å²) >= 11 is 0. The van der Waals surface area contributed by atoms with E-state index in [-0.39, 0.29) is 5.82 Å². The lowest BCUT2D eigenvalue weighted by molar-refractivity contribution is 0.106. The molecule has 1 aromatic carbocycles. The molecule has 0 aromatic heterocycles. The van der Waals surface area contributed by atoms with Gasteiger partial charge in [0.25, 0.3) is 0 Å². The largest absolute Gasteiger partial charge is 0.380 e. The van der Waals surface area contributed by atoms with Crippen molar-refractivity contribution in [2.75, 3.05) is 19.8 Å². The van der Waals surface area contributed by atoms with Gasteiger partial charge in [-0.2, -0.15) is 0 Å². The van der Waals surface area contributed by atoms with Crippen LogP contribution in [0.4, 0.5) is 4.39 Å². The fourth-order valence-corrected chi connectivity index (χ4v) is 2.47. The van der Waals surface area contributed by atoms with Gasteiger partial charge in [-0.25, -0.2) is 4.39 Å². The number of halogens is 1. The summed E-state index contributed by atoms with van der Waals surface area (Å²) in [5.41, 5.74) is 1.13. The first kappa shape index (κ1) is 14.5. The molecule has 19 heavy (non-hydrogen) atoms. The van der Waals surface area contributed by atoms with E-state index >= 15 is 0 Å². The summed E-state index contributed by atoms with van der Waals surface area (Å²) in [7, 11) is 0. The summed E-state index contributed by atoms with van der Waals surface area (Å²) in [6.45, 7) is 6.83. The van der Waals surface area contributed by atoms with Gasteiger partial charge in [0, 0.05) is 19.2 Å². The van der Waals surface area contributed by atoms with E-state index in [4.69, 9.17) is 4.74 Å². The Morgan fingerprint density at radius 2 is 2.16 bits per heavy atom. The number of ether oxygens (including phenoxy) is 1. The highest BCUT2D eigenvalue weighted by Crippen LogP contribution is 2.36. The number of rotatable bonds is 7. The SMILES string of the molecule is CC(C)COCCNC1CC(c2cccc(F)c2)C1. The van der Waals surface area contributed by atoms with Crippen molar-refractivity contribution in [1.82, 2.24) is 5.32 Å². The molecule has 0 heterocycles. The standard InChI is InChI=1S/C16H24FNO/c1-12(2)11-19-7-6-18-16-9-14(10-16)13-4-3-5-15(17)8-13/h3-5,8,12,14,16,18H,6-7,9-11H2,1-2H3.